The van der Waals surface area contributed by atoms with Crippen LogP contribution in [0.25, 0.3) is 0 Å². The van der Waals surface area contributed by atoms with Crippen molar-refractivity contribution in [3.8, 4) is 0 Å². The molecular formula is C13H11ClFNO4S2. The zero-order chi connectivity index (χ0) is 16.5. The number of rotatable bonds is 4. The van der Waals surface area contributed by atoms with Crippen LogP contribution in [0.5, 0.6) is 0 Å². The molecule has 1 aromatic heterocycles. The Balaban J connectivity index is 2.43. The fourth-order valence-corrected chi connectivity index (χ4v) is 4.35. The number of hydrogen-bond acceptors (Lipinski definition) is 5. The summed E-state index contributed by atoms with van der Waals surface area (Å²) in [4.78, 5) is 11.3. The van der Waals surface area contributed by atoms with Gasteiger partial charge in [0.05, 0.1) is 17.8 Å². The molecule has 22 heavy (non-hydrogen) atoms. The minimum absolute atomic E-state index is 0.0302. The third-order valence-corrected chi connectivity index (χ3v) is 5.53. The number of esters is 1. The van der Waals surface area contributed by atoms with Crippen molar-refractivity contribution in [3.63, 3.8) is 0 Å². The average molecular weight is 364 g/mol. The summed E-state index contributed by atoms with van der Waals surface area (Å²) in [6.07, 6.45) is 0. The highest BCUT2D eigenvalue weighted by Gasteiger charge is 2.25. The monoisotopic (exact) mass is 363 g/mol. The Morgan fingerprint density at radius 3 is 2.73 bits per heavy atom. The molecular weight excluding hydrogens is 353 g/mol. The lowest BCUT2D eigenvalue weighted by Crippen LogP contribution is -2.16. The molecule has 0 unspecified atom stereocenters. The van der Waals surface area contributed by atoms with Crippen LogP contribution in [0.4, 0.5) is 10.1 Å². The smallest absolute Gasteiger partial charge is 0.349 e. The maximum Gasteiger partial charge on any atom is 0.349 e. The van der Waals surface area contributed by atoms with Crippen molar-refractivity contribution in [3.05, 3.63) is 44.9 Å². The van der Waals surface area contributed by atoms with Gasteiger partial charge in [0, 0.05) is 0 Å². The number of thiophene rings is 1. The van der Waals surface area contributed by atoms with Gasteiger partial charge >= 0.3 is 5.97 Å². The number of benzene rings is 1. The molecule has 2 aromatic rings. The van der Waals surface area contributed by atoms with Gasteiger partial charge in [-0.25, -0.2) is 17.6 Å². The number of methoxy groups -OCH3 is 1. The standard InChI is InChI=1S/C13H11ClFNO4S2/c1-7-5-10(8(14)6-9(7)15)16-22(18,19)11-3-4-21-12(11)13(17)20-2/h3-6,16H,1-2H3. The van der Waals surface area contributed by atoms with E-state index in [9.17, 15) is 17.6 Å². The van der Waals surface area contributed by atoms with Gasteiger partial charge in [-0.05, 0) is 36.1 Å². The van der Waals surface area contributed by atoms with Gasteiger partial charge in [-0.2, -0.15) is 0 Å². The summed E-state index contributed by atoms with van der Waals surface area (Å²) < 4.78 is 44.9. The maximum atomic E-state index is 13.4. The third-order valence-electron chi connectivity index (χ3n) is 2.78. The van der Waals surface area contributed by atoms with Gasteiger partial charge in [0.25, 0.3) is 10.0 Å². The van der Waals surface area contributed by atoms with Gasteiger partial charge in [0.15, 0.2) is 0 Å². The zero-order valence-electron chi connectivity index (χ0n) is 11.5. The normalized spacial score (nSPS) is 11.3. The number of halogens is 2. The van der Waals surface area contributed by atoms with Gasteiger partial charge in [-0.1, -0.05) is 11.6 Å². The van der Waals surface area contributed by atoms with E-state index >= 15 is 0 Å². The predicted octanol–water partition coefficient (Wildman–Crippen LogP) is 3.44. The lowest BCUT2D eigenvalue weighted by Gasteiger charge is -2.11. The van der Waals surface area contributed by atoms with Crippen LogP contribution in [-0.4, -0.2) is 21.5 Å². The van der Waals surface area contributed by atoms with E-state index in [4.69, 9.17) is 11.6 Å². The molecule has 0 aliphatic rings. The molecule has 1 N–H and O–H groups in total. The van der Waals surface area contributed by atoms with E-state index in [1.54, 1.807) is 0 Å². The van der Waals surface area contributed by atoms with Crippen LogP contribution in [0, 0.1) is 12.7 Å². The first-order valence-electron chi connectivity index (χ1n) is 5.90. The lowest BCUT2D eigenvalue weighted by molar-refractivity contribution is 0.0602. The number of hydrogen-bond donors (Lipinski definition) is 1. The second-order valence-corrected chi connectivity index (χ2v) is 7.27. The van der Waals surface area contributed by atoms with Crippen molar-refractivity contribution >= 4 is 44.6 Å². The fraction of sp³-hybridized carbons (Fsp3) is 0.154. The Labute approximate surface area is 135 Å². The van der Waals surface area contributed by atoms with Crippen LogP contribution in [0.1, 0.15) is 15.2 Å². The van der Waals surface area contributed by atoms with E-state index in [2.05, 4.69) is 9.46 Å². The van der Waals surface area contributed by atoms with Crippen molar-refractivity contribution < 1.29 is 22.3 Å². The summed E-state index contributed by atoms with van der Waals surface area (Å²) in [6.45, 7) is 1.48. The van der Waals surface area contributed by atoms with E-state index in [0.29, 0.717) is 0 Å². The van der Waals surface area contributed by atoms with Crippen LogP contribution in [-0.2, 0) is 14.8 Å². The van der Waals surface area contributed by atoms with Crippen molar-refractivity contribution in [2.24, 2.45) is 0 Å². The van der Waals surface area contributed by atoms with Crippen LogP contribution >= 0.6 is 22.9 Å². The van der Waals surface area contributed by atoms with Gasteiger partial charge in [-0.15, -0.1) is 11.3 Å². The number of carbonyl (C=O) groups excluding carboxylic acids is 1. The Morgan fingerprint density at radius 2 is 2.09 bits per heavy atom. The van der Waals surface area contributed by atoms with E-state index in [-0.39, 0.29) is 26.0 Å². The van der Waals surface area contributed by atoms with Crippen LogP contribution < -0.4 is 4.72 Å². The Hall–Kier alpha value is -1.64. The maximum absolute atomic E-state index is 13.4. The van der Waals surface area contributed by atoms with Crippen LogP contribution in [0.3, 0.4) is 0 Å². The summed E-state index contributed by atoms with van der Waals surface area (Å²) in [5.41, 5.74) is 0.267. The molecule has 0 amide bonds. The highest BCUT2D eigenvalue weighted by atomic mass is 35.5. The summed E-state index contributed by atoms with van der Waals surface area (Å²) in [6, 6.07) is 3.58. The molecule has 0 atom stereocenters. The summed E-state index contributed by atoms with van der Waals surface area (Å²) in [5, 5.41) is 1.37. The molecule has 0 saturated heterocycles. The van der Waals surface area contributed by atoms with Crippen LogP contribution in [0.2, 0.25) is 5.02 Å². The fourth-order valence-electron chi connectivity index (χ4n) is 1.69. The summed E-state index contributed by atoms with van der Waals surface area (Å²) in [5.74, 6) is -1.30. The summed E-state index contributed by atoms with van der Waals surface area (Å²) >= 11 is 6.79. The molecule has 0 aliphatic carbocycles. The lowest BCUT2D eigenvalue weighted by atomic mass is 10.2. The van der Waals surface area contributed by atoms with Crippen LogP contribution in [0.15, 0.2) is 28.5 Å². The average Bonchev–Trinajstić information content (AvgIpc) is 2.94. The van der Waals surface area contributed by atoms with Crippen molar-refractivity contribution in [1.29, 1.82) is 0 Å². The second-order valence-electron chi connectivity index (χ2n) is 4.29. The molecule has 0 fully saturated rings. The first-order chi connectivity index (χ1) is 10.3. The number of nitrogens with one attached hydrogen (secondary N) is 1. The SMILES string of the molecule is COC(=O)c1sccc1S(=O)(=O)Nc1cc(C)c(F)cc1Cl. The number of aryl methyl sites for hydroxylation is 1. The first-order valence-corrected chi connectivity index (χ1v) is 8.64. The molecule has 1 aromatic carbocycles. The Morgan fingerprint density at radius 1 is 1.41 bits per heavy atom. The van der Waals surface area contributed by atoms with Gasteiger partial charge in [-0.3, -0.25) is 4.72 Å². The topological polar surface area (TPSA) is 72.5 Å². The Bertz CT molecular complexity index is 833. The summed E-state index contributed by atoms with van der Waals surface area (Å²) in [7, 11) is -2.90. The highest BCUT2D eigenvalue weighted by molar-refractivity contribution is 7.93. The quantitative estimate of drug-likeness (QED) is 0.844. The molecule has 9 heteroatoms. The first kappa shape index (κ1) is 16.7. The molecule has 0 radical (unpaired) electrons. The van der Waals surface area contributed by atoms with Gasteiger partial charge in [0.1, 0.15) is 15.6 Å². The predicted molar refractivity (Wildman–Crippen MR) is 82.6 cm³/mol. The van der Waals surface area contributed by atoms with Crippen molar-refractivity contribution in [2.75, 3.05) is 11.8 Å². The number of ether oxygens (including phenoxy) is 1. The molecule has 1 heterocycles. The minimum atomic E-state index is -4.06. The largest absolute Gasteiger partial charge is 0.465 e. The minimum Gasteiger partial charge on any atom is -0.465 e. The third kappa shape index (κ3) is 3.23. The zero-order valence-corrected chi connectivity index (χ0v) is 13.9. The molecule has 0 spiro atoms. The molecule has 0 bridgehead atoms. The number of sulfonamides is 1. The van der Waals surface area contributed by atoms with E-state index < -0.39 is 21.8 Å². The van der Waals surface area contributed by atoms with Gasteiger partial charge < -0.3 is 4.74 Å². The highest BCUT2D eigenvalue weighted by Crippen LogP contribution is 2.30. The van der Waals surface area contributed by atoms with E-state index in [1.165, 1.54) is 24.4 Å². The van der Waals surface area contributed by atoms with Crippen molar-refractivity contribution in [1.82, 2.24) is 0 Å². The van der Waals surface area contributed by atoms with E-state index in [0.717, 1.165) is 24.5 Å². The van der Waals surface area contributed by atoms with Crippen molar-refractivity contribution in [2.45, 2.75) is 11.8 Å². The Kier molecular flexibility index (Phi) is 4.74. The van der Waals surface area contributed by atoms with Gasteiger partial charge in [0.2, 0.25) is 0 Å². The molecule has 0 aliphatic heterocycles. The molecule has 118 valence electrons. The number of carbonyl (C=O) groups is 1. The number of anilines is 1. The van der Waals surface area contributed by atoms with E-state index in [1.807, 2.05) is 0 Å². The molecule has 0 saturated carbocycles. The second kappa shape index (κ2) is 6.23. The molecule has 5 nitrogen and oxygen atoms in total. The molecule has 2 rings (SSSR count).